The average Bonchev–Trinajstić information content (AvgIpc) is 2.91. The fraction of sp³-hybridized carbons (Fsp3) is 0.0714. The molecule has 0 amide bonds. The van der Waals surface area contributed by atoms with Crippen molar-refractivity contribution in [2.45, 2.75) is 6.54 Å². The van der Waals surface area contributed by atoms with Crippen molar-refractivity contribution in [3.63, 3.8) is 0 Å². The van der Waals surface area contributed by atoms with Crippen LogP contribution in [-0.2, 0) is 6.54 Å². The Bertz CT molecular complexity index is 851. The zero-order chi connectivity index (χ0) is 14.1. The van der Waals surface area contributed by atoms with Gasteiger partial charge in [-0.3, -0.25) is 9.36 Å². The molecule has 0 saturated heterocycles. The first-order chi connectivity index (χ1) is 9.65. The molecule has 1 aromatic carbocycles. The maximum absolute atomic E-state index is 12.2. The van der Waals surface area contributed by atoms with Gasteiger partial charge in [0, 0.05) is 0 Å². The number of hydrogen-bond acceptors (Lipinski definition) is 4. The monoisotopic (exact) mass is 286 g/mol. The van der Waals surface area contributed by atoms with Gasteiger partial charge in [0.1, 0.15) is 4.70 Å². The van der Waals surface area contributed by atoms with Crippen molar-refractivity contribution in [1.29, 1.82) is 0 Å². The van der Waals surface area contributed by atoms with Crippen LogP contribution in [0.3, 0.4) is 0 Å². The van der Waals surface area contributed by atoms with E-state index in [0.29, 0.717) is 16.8 Å². The van der Waals surface area contributed by atoms with Gasteiger partial charge < -0.3 is 5.11 Å². The van der Waals surface area contributed by atoms with Crippen LogP contribution in [0.1, 0.15) is 15.9 Å². The third-order valence-electron chi connectivity index (χ3n) is 2.96. The highest BCUT2D eigenvalue weighted by molar-refractivity contribution is 7.17. The zero-order valence-electron chi connectivity index (χ0n) is 10.3. The SMILES string of the molecule is O=C(O)c1cccc(Cn2cnc3ccsc3c2=O)c1. The standard InChI is InChI=1S/C14H10N2O3S/c17-13-12-11(4-5-20-12)15-8-16(13)7-9-2-1-3-10(6-9)14(18)19/h1-6,8H,7H2,(H,18,19). The molecule has 0 saturated carbocycles. The first kappa shape index (κ1) is 12.6. The molecule has 6 heteroatoms. The van der Waals surface area contributed by atoms with Crippen LogP contribution in [0.2, 0.25) is 0 Å². The Hall–Kier alpha value is -2.47. The Morgan fingerprint density at radius 2 is 2.20 bits per heavy atom. The molecule has 0 aliphatic heterocycles. The molecule has 0 fully saturated rings. The van der Waals surface area contributed by atoms with Gasteiger partial charge >= 0.3 is 5.97 Å². The first-order valence-corrected chi connectivity index (χ1v) is 6.78. The summed E-state index contributed by atoms with van der Waals surface area (Å²) in [6.07, 6.45) is 1.49. The normalized spacial score (nSPS) is 10.8. The lowest BCUT2D eigenvalue weighted by Gasteiger charge is -2.06. The number of carboxylic acid groups (broad SMARTS) is 1. The number of hydrogen-bond donors (Lipinski definition) is 1. The molecule has 5 nitrogen and oxygen atoms in total. The first-order valence-electron chi connectivity index (χ1n) is 5.90. The Kier molecular flexibility index (Phi) is 3.08. The van der Waals surface area contributed by atoms with Gasteiger partial charge in [-0.15, -0.1) is 11.3 Å². The molecule has 3 rings (SSSR count). The van der Waals surface area contributed by atoms with E-state index < -0.39 is 5.97 Å². The van der Waals surface area contributed by atoms with Gasteiger partial charge in [-0.2, -0.15) is 0 Å². The number of carboxylic acids is 1. The third-order valence-corrected chi connectivity index (χ3v) is 3.85. The Morgan fingerprint density at radius 3 is 3.00 bits per heavy atom. The van der Waals surface area contributed by atoms with Crippen molar-refractivity contribution in [3.8, 4) is 0 Å². The second-order valence-electron chi connectivity index (χ2n) is 4.32. The molecule has 2 aromatic heterocycles. The summed E-state index contributed by atoms with van der Waals surface area (Å²) in [5.74, 6) is -0.981. The number of nitrogens with zero attached hydrogens (tertiary/aromatic N) is 2. The minimum Gasteiger partial charge on any atom is -0.478 e. The second kappa shape index (κ2) is 4.90. The van der Waals surface area contributed by atoms with Crippen molar-refractivity contribution in [3.05, 3.63) is 63.5 Å². The largest absolute Gasteiger partial charge is 0.478 e. The van der Waals surface area contributed by atoms with Gasteiger partial charge in [-0.05, 0) is 29.1 Å². The number of benzene rings is 1. The highest BCUT2D eigenvalue weighted by Crippen LogP contribution is 2.14. The van der Waals surface area contributed by atoms with E-state index >= 15 is 0 Å². The smallest absolute Gasteiger partial charge is 0.335 e. The minimum absolute atomic E-state index is 0.106. The van der Waals surface area contributed by atoms with E-state index in [0.717, 1.165) is 5.56 Å². The Balaban J connectivity index is 2.01. The van der Waals surface area contributed by atoms with Crippen molar-refractivity contribution in [1.82, 2.24) is 9.55 Å². The number of aromatic nitrogens is 2. The maximum atomic E-state index is 12.2. The molecular formula is C14H10N2O3S. The molecule has 0 spiro atoms. The van der Waals surface area contributed by atoms with Gasteiger partial charge in [-0.25, -0.2) is 9.78 Å². The topological polar surface area (TPSA) is 72.2 Å². The summed E-state index contributed by atoms with van der Waals surface area (Å²) in [5.41, 5.74) is 1.55. The number of aromatic carboxylic acids is 1. The van der Waals surface area contributed by atoms with Crippen molar-refractivity contribution >= 4 is 27.5 Å². The molecule has 2 heterocycles. The van der Waals surface area contributed by atoms with E-state index in [9.17, 15) is 9.59 Å². The van der Waals surface area contributed by atoms with Crippen LogP contribution in [0.15, 0.2) is 46.8 Å². The lowest BCUT2D eigenvalue weighted by Crippen LogP contribution is -2.20. The number of rotatable bonds is 3. The Morgan fingerprint density at radius 1 is 1.35 bits per heavy atom. The molecular weight excluding hydrogens is 276 g/mol. The molecule has 100 valence electrons. The summed E-state index contributed by atoms with van der Waals surface area (Å²) >= 11 is 1.36. The van der Waals surface area contributed by atoms with E-state index in [1.807, 2.05) is 5.38 Å². The number of fused-ring (bicyclic) bond motifs is 1. The summed E-state index contributed by atoms with van der Waals surface area (Å²) in [4.78, 5) is 27.4. The van der Waals surface area contributed by atoms with Gasteiger partial charge in [0.2, 0.25) is 0 Å². The molecule has 1 N–H and O–H groups in total. The van der Waals surface area contributed by atoms with Crippen molar-refractivity contribution in [2.75, 3.05) is 0 Å². The second-order valence-corrected chi connectivity index (χ2v) is 5.23. The van der Waals surface area contributed by atoms with Gasteiger partial charge in [-0.1, -0.05) is 12.1 Å². The molecule has 3 aromatic rings. The van der Waals surface area contributed by atoms with Crippen molar-refractivity contribution < 1.29 is 9.90 Å². The van der Waals surface area contributed by atoms with E-state index in [1.54, 1.807) is 24.3 Å². The summed E-state index contributed by atoms with van der Waals surface area (Å²) < 4.78 is 2.10. The van der Waals surface area contributed by atoms with Crippen LogP contribution >= 0.6 is 11.3 Å². The van der Waals surface area contributed by atoms with E-state index in [2.05, 4.69) is 4.98 Å². The fourth-order valence-corrected chi connectivity index (χ4v) is 2.78. The lowest BCUT2D eigenvalue weighted by atomic mass is 10.1. The van der Waals surface area contributed by atoms with Gasteiger partial charge in [0.25, 0.3) is 5.56 Å². The number of carbonyl (C=O) groups is 1. The molecule has 0 aliphatic carbocycles. The number of thiophene rings is 1. The van der Waals surface area contributed by atoms with Crippen LogP contribution < -0.4 is 5.56 Å². The molecule has 0 bridgehead atoms. The maximum Gasteiger partial charge on any atom is 0.335 e. The van der Waals surface area contributed by atoms with Crippen LogP contribution in [0.5, 0.6) is 0 Å². The zero-order valence-corrected chi connectivity index (χ0v) is 11.1. The molecule has 0 atom stereocenters. The quantitative estimate of drug-likeness (QED) is 0.801. The molecule has 0 unspecified atom stereocenters. The van der Waals surface area contributed by atoms with E-state index in [4.69, 9.17) is 5.11 Å². The predicted octanol–water partition coefficient (Wildman–Crippen LogP) is 2.20. The summed E-state index contributed by atoms with van der Waals surface area (Å²) in [6.45, 7) is 0.306. The van der Waals surface area contributed by atoms with Crippen LogP contribution in [0.4, 0.5) is 0 Å². The molecule has 0 aliphatic rings. The van der Waals surface area contributed by atoms with E-state index in [-0.39, 0.29) is 11.1 Å². The lowest BCUT2D eigenvalue weighted by molar-refractivity contribution is 0.0696. The highest BCUT2D eigenvalue weighted by atomic mass is 32.1. The highest BCUT2D eigenvalue weighted by Gasteiger charge is 2.07. The van der Waals surface area contributed by atoms with Crippen LogP contribution in [0.25, 0.3) is 10.2 Å². The molecule has 20 heavy (non-hydrogen) atoms. The van der Waals surface area contributed by atoms with Crippen LogP contribution in [-0.4, -0.2) is 20.6 Å². The fourth-order valence-electron chi connectivity index (χ4n) is 1.99. The average molecular weight is 286 g/mol. The van der Waals surface area contributed by atoms with Gasteiger partial charge in [0.05, 0.1) is 24.0 Å². The van der Waals surface area contributed by atoms with E-state index in [1.165, 1.54) is 28.3 Å². The summed E-state index contributed by atoms with van der Waals surface area (Å²) in [5, 5.41) is 10.8. The summed E-state index contributed by atoms with van der Waals surface area (Å²) in [6, 6.07) is 8.35. The Labute approximate surface area is 117 Å². The summed E-state index contributed by atoms with van der Waals surface area (Å²) in [7, 11) is 0. The van der Waals surface area contributed by atoms with Gasteiger partial charge in [0.15, 0.2) is 0 Å². The third kappa shape index (κ3) is 2.21. The predicted molar refractivity (Wildman–Crippen MR) is 76.4 cm³/mol. The van der Waals surface area contributed by atoms with Crippen LogP contribution in [0, 0.1) is 0 Å². The molecule has 0 radical (unpaired) electrons. The van der Waals surface area contributed by atoms with Crippen molar-refractivity contribution in [2.24, 2.45) is 0 Å². The minimum atomic E-state index is -0.981.